The van der Waals surface area contributed by atoms with Crippen molar-refractivity contribution in [2.75, 3.05) is 0 Å². The third-order valence-corrected chi connectivity index (χ3v) is 5.51. The van der Waals surface area contributed by atoms with Crippen molar-refractivity contribution >= 4 is 26.8 Å². The number of aromatic nitrogens is 2. The minimum absolute atomic E-state index is 0.321. The predicted molar refractivity (Wildman–Crippen MR) is 115 cm³/mol. The van der Waals surface area contributed by atoms with Gasteiger partial charge in [-0.05, 0) is 67.8 Å². The molecule has 0 fully saturated rings. The number of hydrogen-bond donors (Lipinski definition) is 0. The highest BCUT2D eigenvalue weighted by Crippen LogP contribution is 2.35. The molecule has 0 aliphatic carbocycles. The fraction of sp³-hybridized carbons (Fsp3) is 0.167. The first kappa shape index (κ1) is 17.9. The predicted octanol–water partition coefficient (Wildman–Crippen LogP) is 6.25. The minimum Gasteiger partial charge on any atom is -0.260 e. The second-order valence-electron chi connectivity index (χ2n) is 7.25. The van der Waals surface area contributed by atoms with Crippen LogP contribution in [0.1, 0.15) is 29.4 Å². The van der Waals surface area contributed by atoms with E-state index in [1.165, 1.54) is 11.1 Å². The molecule has 2 aromatic heterocycles. The molecule has 0 N–H and O–H groups in total. The van der Waals surface area contributed by atoms with E-state index in [-0.39, 0.29) is 5.41 Å². The fourth-order valence-electron chi connectivity index (χ4n) is 3.70. The van der Waals surface area contributed by atoms with Crippen molar-refractivity contribution in [3.63, 3.8) is 0 Å². The zero-order valence-corrected chi connectivity index (χ0v) is 17.1. The van der Waals surface area contributed by atoms with Crippen molar-refractivity contribution < 1.29 is 0 Å². The van der Waals surface area contributed by atoms with Gasteiger partial charge in [-0.25, -0.2) is 0 Å². The summed E-state index contributed by atoms with van der Waals surface area (Å²) in [5, 5.41) is 1.16. The summed E-state index contributed by atoms with van der Waals surface area (Å²) in [7, 11) is 0. The van der Waals surface area contributed by atoms with E-state index in [9.17, 15) is 0 Å². The highest BCUT2D eigenvalue weighted by molar-refractivity contribution is 9.10. The monoisotopic (exact) mass is 416 g/mol. The molecule has 27 heavy (non-hydrogen) atoms. The van der Waals surface area contributed by atoms with Crippen LogP contribution >= 0.6 is 15.9 Å². The van der Waals surface area contributed by atoms with Crippen molar-refractivity contribution in [1.82, 2.24) is 9.97 Å². The molecule has 2 nitrogen and oxygen atoms in total. The van der Waals surface area contributed by atoms with Crippen LogP contribution in [0.2, 0.25) is 0 Å². The standard InChI is InChI=1S/C24H21BrN2/c1-17-13-18(15-20(25)14-17)16-24(2,22-9-5-6-12-26-22)23-11-10-19-7-3-4-8-21(19)27-23/h3-15H,16H2,1-2H3. The van der Waals surface area contributed by atoms with Gasteiger partial charge >= 0.3 is 0 Å². The van der Waals surface area contributed by atoms with Crippen LogP contribution in [-0.2, 0) is 11.8 Å². The number of rotatable bonds is 4. The van der Waals surface area contributed by atoms with Crippen molar-refractivity contribution in [3.8, 4) is 0 Å². The Morgan fingerprint density at radius 2 is 1.70 bits per heavy atom. The second kappa shape index (κ2) is 7.24. The molecule has 0 aliphatic heterocycles. The summed E-state index contributed by atoms with van der Waals surface area (Å²) in [6.07, 6.45) is 2.69. The Bertz CT molecular complexity index is 1070. The average Bonchev–Trinajstić information content (AvgIpc) is 2.67. The normalized spacial score (nSPS) is 13.4. The van der Waals surface area contributed by atoms with Gasteiger partial charge in [-0.2, -0.15) is 0 Å². The third-order valence-electron chi connectivity index (χ3n) is 5.05. The molecule has 4 aromatic rings. The molecule has 0 saturated carbocycles. The summed E-state index contributed by atoms with van der Waals surface area (Å²) in [6.45, 7) is 4.36. The lowest BCUT2D eigenvalue weighted by molar-refractivity contribution is 0.533. The number of hydrogen-bond acceptors (Lipinski definition) is 2. The Balaban J connectivity index is 1.87. The van der Waals surface area contributed by atoms with Gasteiger partial charge in [-0.15, -0.1) is 0 Å². The summed E-state index contributed by atoms with van der Waals surface area (Å²) >= 11 is 3.63. The molecule has 2 aromatic carbocycles. The molecular weight excluding hydrogens is 396 g/mol. The van der Waals surface area contributed by atoms with E-state index in [1.54, 1.807) is 0 Å². The average molecular weight is 417 g/mol. The Kier molecular flexibility index (Phi) is 4.79. The summed E-state index contributed by atoms with van der Waals surface area (Å²) < 4.78 is 1.10. The van der Waals surface area contributed by atoms with E-state index in [0.717, 1.165) is 33.2 Å². The van der Waals surface area contributed by atoms with Gasteiger partial charge < -0.3 is 0 Å². The van der Waals surface area contributed by atoms with Gasteiger partial charge in [0.05, 0.1) is 22.3 Å². The zero-order valence-electron chi connectivity index (χ0n) is 15.5. The Labute approximate surface area is 168 Å². The molecule has 0 radical (unpaired) electrons. The SMILES string of the molecule is Cc1cc(Br)cc(CC(C)(c2ccccn2)c2ccc3ccccc3n2)c1. The van der Waals surface area contributed by atoms with Gasteiger partial charge in [0.1, 0.15) is 0 Å². The van der Waals surface area contributed by atoms with Crippen molar-refractivity contribution in [2.45, 2.75) is 25.7 Å². The van der Waals surface area contributed by atoms with E-state index < -0.39 is 0 Å². The molecular formula is C24H21BrN2. The topological polar surface area (TPSA) is 25.8 Å². The van der Waals surface area contributed by atoms with Crippen LogP contribution < -0.4 is 0 Å². The molecule has 0 saturated heterocycles. The van der Waals surface area contributed by atoms with E-state index in [4.69, 9.17) is 9.97 Å². The van der Waals surface area contributed by atoms with Crippen LogP contribution in [0.5, 0.6) is 0 Å². The minimum atomic E-state index is -0.321. The maximum absolute atomic E-state index is 5.01. The van der Waals surface area contributed by atoms with E-state index in [1.807, 2.05) is 30.5 Å². The maximum Gasteiger partial charge on any atom is 0.0705 e. The van der Waals surface area contributed by atoms with E-state index >= 15 is 0 Å². The van der Waals surface area contributed by atoms with Crippen molar-refractivity contribution in [2.24, 2.45) is 0 Å². The smallest absolute Gasteiger partial charge is 0.0705 e. The van der Waals surface area contributed by atoms with Crippen LogP contribution in [0.15, 0.2) is 83.5 Å². The van der Waals surface area contributed by atoms with Crippen molar-refractivity contribution in [3.05, 3.63) is 106 Å². The van der Waals surface area contributed by atoms with E-state index in [2.05, 4.69) is 78.3 Å². The van der Waals surface area contributed by atoms with Crippen LogP contribution in [0, 0.1) is 6.92 Å². The first-order valence-corrected chi connectivity index (χ1v) is 9.88. The molecule has 1 atom stereocenters. The Morgan fingerprint density at radius 1 is 0.889 bits per heavy atom. The molecule has 0 aliphatic rings. The Morgan fingerprint density at radius 3 is 2.48 bits per heavy atom. The van der Waals surface area contributed by atoms with Gasteiger partial charge in [0.25, 0.3) is 0 Å². The van der Waals surface area contributed by atoms with Crippen LogP contribution in [0.4, 0.5) is 0 Å². The van der Waals surface area contributed by atoms with Crippen LogP contribution in [0.3, 0.4) is 0 Å². The quantitative estimate of drug-likeness (QED) is 0.392. The van der Waals surface area contributed by atoms with E-state index in [0.29, 0.717) is 0 Å². The largest absolute Gasteiger partial charge is 0.260 e. The fourth-order valence-corrected chi connectivity index (χ4v) is 4.35. The number of nitrogens with zero attached hydrogens (tertiary/aromatic N) is 2. The number of halogens is 1. The van der Waals surface area contributed by atoms with Gasteiger partial charge in [0.15, 0.2) is 0 Å². The lowest BCUT2D eigenvalue weighted by Crippen LogP contribution is -2.29. The number of pyridine rings is 2. The molecule has 3 heteroatoms. The first-order chi connectivity index (χ1) is 13.0. The maximum atomic E-state index is 5.01. The van der Waals surface area contributed by atoms with Gasteiger partial charge in [-0.1, -0.05) is 52.3 Å². The summed E-state index contributed by atoms with van der Waals surface area (Å²) in [6, 6.07) is 25.2. The summed E-state index contributed by atoms with van der Waals surface area (Å²) in [5.74, 6) is 0. The molecule has 1 unspecified atom stereocenters. The summed E-state index contributed by atoms with van der Waals surface area (Å²) in [4.78, 5) is 9.71. The highest BCUT2D eigenvalue weighted by Gasteiger charge is 2.32. The lowest BCUT2D eigenvalue weighted by Gasteiger charge is -2.29. The molecule has 4 rings (SSSR count). The lowest BCUT2D eigenvalue weighted by atomic mass is 9.76. The molecule has 134 valence electrons. The number of benzene rings is 2. The third kappa shape index (κ3) is 3.65. The molecule has 2 heterocycles. The van der Waals surface area contributed by atoms with Gasteiger partial charge in [0, 0.05) is 16.1 Å². The number of para-hydroxylation sites is 1. The molecule has 0 bridgehead atoms. The van der Waals surface area contributed by atoms with Gasteiger partial charge in [-0.3, -0.25) is 9.97 Å². The second-order valence-corrected chi connectivity index (χ2v) is 8.17. The molecule has 0 amide bonds. The number of fused-ring (bicyclic) bond motifs is 1. The zero-order chi connectivity index (χ0) is 18.9. The van der Waals surface area contributed by atoms with Crippen LogP contribution in [-0.4, -0.2) is 9.97 Å². The summed E-state index contributed by atoms with van der Waals surface area (Å²) in [5.41, 5.74) is 5.28. The van der Waals surface area contributed by atoms with Crippen LogP contribution in [0.25, 0.3) is 10.9 Å². The first-order valence-electron chi connectivity index (χ1n) is 9.08. The van der Waals surface area contributed by atoms with Gasteiger partial charge in [0.2, 0.25) is 0 Å². The molecule has 0 spiro atoms. The van der Waals surface area contributed by atoms with Crippen molar-refractivity contribution in [1.29, 1.82) is 0 Å². The number of aryl methyl sites for hydroxylation is 1. The Hall–Kier alpha value is -2.52. The highest BCUT2D eigenvalue weighted by atomic mass is 79.9.